The van der Waals surface area contributed by atoms with Gasteiger partial charge in [0.15, 0.2) is 0 Å². The lowest BCUT2D eigenvalue weighted by Gasteiger charge is -2.15. The van der Waals surface area contributed by atoms with Crippen LogP contribution in [-0.4, -0.2) is 4.40 Å². The maximum atomic E-state index is 2.36. The Hall–Kier alpha value is -0.510. The van der Waals surface area contributed by atoms with E-state index in [0.717, 1.165) is 0 Å². The zero-order valence-corrected chi connectivity index (χ0v) is 10.9. The summed E-state index contributed by atoms with van der Waals surface area (Å²) in [6.07, 6.45) is 2.23. The number of pyridine rings is 1. The molecule has 0 aliphatic rings. The highest BCUT2D eigenvalue weighted by molar-refractivity contribution is 14.1. The molecule has 0 aromatic carbocycles. The normalized spacial score (nSPS) is 12.3. The summed E-state index contributed by atoms with van der Waals surface area (Å²) in [5.41, 5.74) is 2.90. The Balaban J connectivity index is 2.69. The van der Waals surface area contributed by atoms with E-state index in [1.807, 2.05) is 0 Å². The van der Waals surface area contributed by atoms with Crippen LogP contribution in [0.2, 0.25) is 0 Å². The van der Waals surface area contributed by atoms with Crippen LogP contribution in [0.3, 0.4) is 0 Å². The van der Waals surface area contributed by atoms with E-state index in [9.17, 15) is 0 Å². The minimum atomic E-state index is 0.231. The van der Waals surface area contributed by atoms with E-state index in [1.165, 1.54) is 14.8 Å². The van der Waals surface area contributed by atoms with Gasteiger partial charge in [-0.3, -0.25) is 0 Å². The van der Waals surface area contributed by atoms with Crippen molar-refractivity contribution in [2.24, 2.45) is 0 Å². The molecule has 74 valence electrons. The quantitative estimate of drug-likeness (QED) is 0.514. The van der Waals surface area contributed by atoms with E-state index in [-0.39, 0.29) is 5.41 Å². The summed E-state index contributed by atoms with van der Waals surface area (Å²) in [4.78, 5) is 0. The predicted molar refractivity (Wildman–Crippen MR) is 68.8 cm³/mol. The fourth-order valence-electron chi connectivity index (χ4n) is 1.51. The lowest BCUT2D eigenvalue weighted by molar-refractivity contribution is 0.590. The Labute approximate surface area is 98.3 Å². The average Bonchev–Trinajstić information content (AvgIpc) is 2.48. The highest BCUT2D eigenvalue weighted by Crippen LogP contribution is 2.25. The molecule has 0 bridgehead atoms. The predicted octanol–water partition coefficient (Wildman–Crippen LogP) is 3.84. The van der Waals surface area contributed by atoms with Gasteiger partial charge >= 0.3 is 0 Å². The Morgan fingerprint density at radius 3 is 2.50 bits per heavy atom. The Kier molecular flexibility index (Phi) is 2.33. The first-order valence-corrected chi connectivity index (χ1v) is 5.83. The van der Waals surface area contributed by atoms with Crippen LogP contribution in [0.4, 0.5) is 0 Å². The molecule has 2 heterocycles. The van der Waals surface area contributed by atoms with E-state index in [1.54, 1.807) is 0 Å². The van der Waals surface area contributed by atoms with Gasteiger partial charge < -0.3 is 4.40 Å². The molecule has 0 aliphatic heterocycles. The highest BCUT2D eigenvalue weighted by atomic mass is 127. The fraction of sp³-hybridized carbons (Fsp3) is 0.333. The molecule has 0 radical (unpaired) electrons. The van der Waals surface area contributed by atoms with Crippen LogP contribution in [0, 0.1) is 3.70 Å². The van der Waals surface area contributed by atoms with Crippen LogP contribution in [0.5, 0.6) is 0 Å². The molecule has 2 aromatic rings. The minimum absolute atomic E-state index is 0.231. The van der Waals surface area contributed by atoms with Gasteiger partial charge in [-0.05, 0) is 51.8 Å². The molecule has 0 saturated heterocycles. The number of hydrogen-bond donors (Lipinski definition) is 0. The zero-order chi connectivity index (χ0) is 10.3. The second-order valence-electron chi connectivity index (χ2n) is 4.62. The molecule has 0 fully saturated rings. The zero-order valence-electron chi connectivity index (χ0n) is 8.71. The third kappa shape index (κ3) is 1.67. The number of fused-ring (bicyclic) bond motifs is 1. The summed E-state index contributed by atoms with van der Waals surface area (Å²) in [6.45, 7) is 6.73. The average molecular weight is 299 g/mol. The molecule has 0 unspecified atom stereocenters. The van der Waals surface area contributed by atoms with Gasteiger partial charge in [0.25, 0.3) is 0 Å². The van der Waals surface area contributed by atoms with E-state index < -0.39 is 0 Å². The van der Waals surface area contributed by atoms with Crippen molar-refractivity contribution in [2.75, 3.05) is 0 Å². The van der Waals surface area contributed by atoms with Gasteiger partial charge in [-0.25, -0.2) is 0 Å². The molecular formula is C12H14IN. The van der Waals surface area contributed by atoms with Gasteiger partial charge in [-0.1, -0.05) is 26.8 Å². The van der Waals surface area contributed by atoms with Gasteiger partial charge in [0, 0.05) is 11.7 Å². The van der Waals surface area contributed by atoms with Crippen molar-refractivity contribution in [3.05, 3.63) is 39.7 Å². The number of aromatic nitrogens is 1. The van der Waals surface area contributed by atoms with E-state index in [0.29, 0.717) is 0 Å². The molecule has 0 spiro atoms. The van der Waals surface area contributed by atoms with Gasteiger partial charge in [0.05, 0.1) is 3.70 Å². The number of halogens is 1. The van der Waals surface area contributed by atoms with Crippen molar-refractivity contribution in [1.29, 1.82) is 0 Å². The largest absolute Gasteiger partial charge is 0.312 e. The molecule has 0 saturated carbocycles. The van der Waals surface area contributed by atoms with Crippen LogP contribution in [-0.2, 0) is 5.41 Å². The molecule has 2 rings (SSSR count). The third-order valence-electron chi connectivity index (χ3n) is 2.45. The topological polar surface area (TPSA) is 4.41 Å². The number of nitrogens with zero attached hydrogens (tertiary/aromatic N) is 1. The monoisotopic (exact) mass is 299 g/mol. The smallest absolute Gasteiger partial charge is 0.0843 e. The number of rotatable bonds is 0. The van der Waals surface area contributed by atoms with Gasteiger partial charge in [-0.2, -0.15) is 0 Å². The molecule has 0 N–H and O–H groups in total. The standard InChI is InChI=1S/C12H14IN/c1-12(2,3)9-7-10-5-4-6-11(13)14(10)8-9/h4-8H,1-3H3. The summed E-state index contributed by atoms with van der Waals surface area (Å²) < 4.78 is 3.50. The van der Waals surface area contributed by atoms with Crippen LogP contribution in [0.25, 0.3) is 5.52 Å². The molecule has 0 amide bonds. The Morgan fingerprint density at radius 1 is 1.21 bits per heavy atom. The van der Waals surface area contributed by atoms with Gasteiger partial charge in [0.2, 0.25) is 0 Å². The summed E-state index contributed by atoms with van der Waals surface area (Å²) in [5.74, 6) is 0. The lowest BCUT2D eigenvalue weighted by atomic mass is 9.89. The maximum Gasteiger partial charge on any atom is 0.0843 e. The third-order valence-corrected chi connectivity index (χ3v) is 3.33. The van der Waals surface area contributed by atoms with Gasteiger partial charge in [-0.15, -0.1) is 0 Å². The summed E-state index contributed by atoms with van der Waals surface area (Å²) in [7, 11) is 0. The maximum absolute atomic E-state index is 2.36. The van der Waals surface area contributed by atoms with Gasteiger partial charge in [0.1, 0.15) is 0 Å². The summed E-state index contributed by atoms with van der Waals surface area (Å²) in [6, 6.07) is 8.64. The summed E-state index contributed by atoms with van der Waals surface area (Å²) >= 11 is 2.36. The van der Waals surface area contributed by atoms with Crippen molar-refractivity contribution in [1.82, 2.24) is 4.40 Å². The van der Waals surface area contributed by atoms with Crippen LogP contribution < -0.4 is 0 Å². The molecule has 2 heteroatoms. The minimum Gasteiger partial charge on any atom is -0.312 e. The molecule has 14 heavy (non-hydrogen) atoms. The fourth-order valence-corrected chi connectivity index (χ4v) is 2.14. The first kappa shape index (κ1) is 10.0. The van der Waals surface area contributed by atoms with Crippen molar-refractivity contribution in [2.45, 2.75) is 26.2 Å². The highest BCUT2D eigenvalue weighted by Gasteiger charge is 2.15. The van der Waals surface area contributed by atoms with Crippen molar-refractivity contribution in [3.8, 4) is 0 Å². The Bertz CT molecular complexity index is 463. The molecule has 2 aromatic heterocycles. The lowest BCUT2D eigenvalue weighted by Crippen LogP contribution is -2.09. The molecule has 1 nitrogen and oxygen atoms in total. The SMILES string of the molecule is CC(C)(C)c1cc2cccc(I)n2c1. The molecular weight excluding hydrogens is 285 g/mol. The van der Waals surface area contributed by atoms with E-state index in [2.05, 4.69) is 78.2 Å². The van der Waals surface area contributed by atoms with Crippen molar-refractivity contribution in [3.63, 3.8) is 0 Å². The first-order chi connectivity index (χ1) is 6.48. The first-order valence-electron chi connectivity index (χ1n) is 4.75. The van der Waals surface area contributed by atoms with E-state index in [4.69, 9.17) is 0 Å². The number of hydrogen-bond acceptors (Lipinski definition) is 0. The second-order valence-corrected chi connectivity index (χ2v) is 5.73. The summed E-state index contributed by atoms with van der Waals surface area (Å²) in [5, 5.41) is 0. The van der Waals surface area contributed by atoms with Crippen LogP contribution in [0.15, 0.2) is 30.5 Å². The van der Waals surface area contributed by atoms with Crippen molar-refractivity contribution < 1.29 is 0 Å². The Morgan fingerprint density at radius 2 is 1.93 bits per heavy atom. The van der Waals surface area contributed by atoms with Crippen molar-refractivity contribution >= 4 is 28.1 Å². The second kappa shape index (κ2) is 3.26. The van der Waals surface area contributed by atoms with Crippen LogP contribution in [0.1, 0.15) is 26.3 Å². The van der Waals surface area contributed by atoms with E-state index >= 15 is 0 Å². The van der Waals surface area contributed by atoms with Crippen LogP contribution >= 0.6 is 22.6 Å². The molecule has 0 atom stereocenters. The molecule has 0 aliphatic carbocycles.